The molecule has 1 aliphatic heterocycles. The minimum atomic E-state index is -3.50. The maximum absolute atomic E-state index is 12.6. The molecule has 2 aromatic rings. The van der Waals surface area contributed by atoms with Crippen LogP contribution in [0.2, 0.25) is 0 Å². The summed E-state index contributed by atoms with van der Waals surface area (Å²) in [6, 6.07) is 9.09. The summed E-state index contributed by atoms with van der Waals surface area (Å²) in [5.74, 6) is -1.25. The zero-order valence-corrected chi connectivity index (χ0v) is 18.7. The molecule has 9 heteroatoms. The van der Waals surface area contributed by atoms with Crippen molar-refractivity contribution < 1.29 is 22.7 Å². The lowest BCUT2D eigenvalue weighted by atomic mass is 9.98. The Morgan fingerprint density at radius 2 is 1.93 bits per heavy atom. The van der Waals surface area contributed by atoms with E-state index in [2.05, 4.69) is 5.32 Å². The molecule has 0 unspecified atom stereocenters. The highest BCUT2D eigenvalue weighted by Gasteiger charge is 2.33. The van der Waals surface area contributed by atoms with Crippen molar-refractivity contribution in [3.05, 3.63) is 46.8 Å². The van der Waals surface area contributed by atoms with Crippen LogP contribution in [0.4, 0.5) is 5.69 Å². The van der Waals surface area contributed by atoms with Gasteiger partial charge in [0.2, 0.25) is 0 Å². The number of ether oxygens (including phenoxy) is 1. The highest BCUT2D eigenvalue weighted by Crippen LogP contribution is 2.27. The number of amides is 1. The molecule has 162 valence electrons. The van der Waals surface area contributed by atoms with Crippen LogP contribution in [0.25, 0.3) is 0 Å². The average Bonchev–Trinajstić information content (AvgIpc) is 3.29. The summed E-state index contributed by atoms with van der Waals surface area (Å²) >= 11 is 1.18. The number of carbonyl (C=O) groups is 2. The van der Waals surface area contributed by atoms with Gasteiger partial charge in [0.15, 0.2) is 6.61 Å². The molecule has 1 amide bonds. The average molecular weight is 451 g/mol. The Kier molecular flexibility index (Phi) is 7.27. The van der Waals surface area contributed by atoms with Crippen LogP contribution < -0.4 is 5.32 Å². The number of carbonyl (C=O) groups excluding carboxylic acids is 2. The first kappa shape index (κ1) is 22.5. The summed E-state index contributed by atoms with van der Waals surface area (Å²) in [5, 5.41) is 4.55. The van der Waals surface area contributed by atoms with Crippen molar-refractivity contribution in [3.8, 4) is 0 Å². The van der Waals surface area contributed by atoms with E-state index in [1.807, 2.05) is 32.0 Å². The van der Waals surface area contributed by atoms with Gasteiger partial charge in [0.1, 0.15) is 4.21 Å². The van der Waals surface area contributed by atoms with E-state index >= 15 is 0 Å². The number of aryl methyl sites for hydroxylation is 2. The van der Waals surface area contributed by atoms with Crippen LogP contribution in [0.15, 0.2) is 39.9 Å². The van der Waals surface area contributed by atoms with Crippen LogP contribution in [0.5, 0.6) is 0 Å². The summed E-state index contributed by atoms with van der Waals surface area (Å²) in [6.45, 7) is 4.09. The van der Waals surface area contributed by atoms with Crippen molar-refractivity contribution in [3.63, 3.8) is 0 Å². The van der Waals surface area contributed by atoms with Crippen LogP contribution in [0.1, 0.15) is 30.9 Å². The Hall–Kier alpha value is -2.23. The molecule has 0 saturated carbocycles. The molecule has 1 aliphatic rings. The molecule has 0 spiro atoms. The highest BCUT2D eigenvalue weighted by atomic mass is 32.2. The van der Waals surface area contributed by atoms with E-state index in [4.69, 9.17) is 4.74 Å². The monoisotopic (exact) mass is 450 g/mol. The van der Waals surface area contributed by atoms with Gasteiger partial charge in [-0.05, 0) is 48.8 Å². The molecule has 30 heavy (non-hydrogen) atoms. The maximum atomic E-state index is 12.6. The van der Waals surface area contributed by atoms with Crippen molar-refractivity contribution in [1.82, 2.24) is 4.31 Å². The van der Waals surface area contributed by atoms with Gasteiger partial charge in [0.25, 0.3) is 15.9 Å². The van der Waals surface area contributed by atoms with Crippen molar-refractivity contribution >= 4 is 38.9 Å². The number of para-hydroxylation sites is 1. The molecule has 1 fully saturated rings. The van der Waals surface area contributed by atoms with Crippen molar-refractivity contribution in [2.75, 3.05) is 25.0 Å². The predicted molar refractivity (Wildman–Crippen MR) is 116 cm³/mol. The molecule has 0 radical (unpaired) electrons. The molecule has 1 saturated heterocycles. The number of esters is 1. The first-order valence-corrected chi connectivity index (χ1v) is 12.2. The molecule has 1 N–H and O–H groups in total. The first-order valence-electron chi connectivity index (χ1n) is 9.91. The number of nitrogens with zero attached hydrogens (tertiary/aromatic N) is 1. The summed E-state index contributed by atoms with van der Waals surface area (Å²) in [4.78, 5) is 24.6. The second-order valence-electron chi connectivity index (χ2n) is 7.23. The van der Waals surface area contributed by atoms with Crippen LogP contribution in [0, 0.1) is 12.8 Å². The third-order valence-corrected chi connectivity index (χ3v) is 8.50. The van der Waals surface area contributed by atoms with Crippen molar-refractivity contribution in [2.45, 2.75) is 37.3 Å². The number of hydrogen-bond acceptors (Lipinski definition) is 6. The fraction of sp³-hybridized carbons (Fsp3) is 0.429. The maximum Gasteiger partial charge on any atom is 0.309 e. The number of nitrogens with one attached hydrogen (secondary N) is 1. The summed E-state index contributed by atoms with van der Waals surface area (Å²) < 4.78 is 32.0. The normalized spacial score (nSPS) is 15.7. The van der Waals surface area contributed by atoms with Gasteiger partial charge >= 0.3 is 5.97 Å². The Labute approximate surface area is 181 Å². The lowest BCUT2D eigenvalue weighted by Gasteiger charge is -2.29. The van der Waals surface area contributed by atoms with Gasteiger partial charge in [-0.1, -0.05) is 31.2 Å². The van der Waals surface area contributed by atoms with E-state index in [0.717, 1.165) is 23.2 Å². The lowest BCUT2D eigenvalue weighted by molar-refractivity contribution is -0.152. The molecule has 0 aliphatic carbocycles. The van der Waals surface area contributed by atoms with E-state index in [1.54, 1.807) is 17.5 Å². The second-order valence-corrected chi connectivity index (χ2v) is 10.3. The van der Waals surface area contributed by atoms with Gasteiger partial charge in [-0.25, -0.2) is 8.42 Å². The van der Waals surface area contributed by atoms with Crippen molar-refractivity contribution in [1.29, 1.82) is 0 Å². The summed E-state index contributed by atoms with van der Waals surface area (Å²) in [7, 11) is -3.50. The molecule has 2 heterocycles. The largest absolute Gasteiger partial charge is 0.455 e. The molecular weight excluding hydrogens is 424 g/mol. The van der Waals surface area contributed by atoms with E-state index < -0.39 is 21.9 Å². The second kappa shape index (κ2) is 9.72. The van der Waals surface area contributed by atoms with Crippen LogP contribution >= 0.6 is 11.3 Å². The number of anilines is 1. The van der Waals surface area contributed by atoms with E-state index in [1.165, 1.54) is 15.6 Å². The Morgan fingerprint density at radius 3 is 2.57 bits per heavy atom. The Balaban J connectivity index is 1.49. The summed E-state index contributed by atoms with van der Waals surface area (Å²) in [5.41, 5.74) is 2.73. The fourth-order valence-corrected chi connectivity index (χ4v) is 6.12. The molecule has 7 nitrogen and oxygen atoms in total. The molecule has 3 rings (SSSR count). The van der Waals surface area contributed by atoms with Crippen LogP contribution in [-0.4, -0.2) is 44.3 Å². The molecule has 1 aromatic carbocycles. The topological polar surface area (TPSA) is 92.8 Å². The predicted octanol–water partition coefficient (Wildman–Crippen LogP) is 3.20. The first-order chi connectivity index (χ1) is 14.3. The zero-order chi connectivity index (χ0) is 21.7. The molecule has 1 aromatic heterocycles. The number of piperidine rings is 1. The number of hydrogen-bond donors (Lipinski definition) is 1. The minimum Gasteiger partial charge on any atom is -0.455 e. The number of rotatable bonds is 7. The lowest BCUT2D eigenvalue weighted by Crippen LogP contribution is -2.40. The fourth-order valence-electron chi connectivity index (χ4n) is 3.50. The van der Waals surface area contributed by atoms with E-state index in [9.17, 15) is 18.0 Å². The third-order valence-electron chi connectivity index (χ3n) is 5.23. The molecule has 0 atom stereocenters. The molecule has 0 bridgehead atoms. The quantitative estimate of drug-likeness (QED) is 0.654. The Bertz CT molecular complexity index is 994. The van der Waals surface area contributed by atoms with E-state index in [0.29, 0.717) is 17.1 Å². The standard InChI is InChI=1S/C21H26N2O5S2/c1-3-16-7-4-6-15(2)20(16)22-18(24)14-28-21(25)17-9-11-23(12-10-17)30(26,27)19-8-5-13-29-19/h4-8,13,17H,3,9-12,14H2,1-2H3,(H,22,24). The van der Waals surface area contributed by atoms with E-state index in [-0.39, 0.29) is 25.6 Å². The SMILES string of the molecule is CCc1cccc(C)c1NC(=O)COC(=O)C1CCN(S(=O)(=O)c2cccs2)CC1. The number of sulfonamides is 1. The zero-order valence-electron chi connectivity index (χ0n) is 17.1. The van der Waals surface area contributed by atoms with Gasteiger partial charge in [-0.15, -0.1) is 11.3 Å². The van der Waals surface area contributed by atoms with Gasteiger partial charge in [-0.3, -0.25) is 9.59 Å². The number of benzene rings is 1. The van der Waals surface area contributed by atoms with Crippen LogP contribution in [-0.2, 0) is 30.8 Å². The number of thiophene rings is 1. The Morgan fingerprint density at radius 1 is 1.20 bits per heavy atom. The highest BCUT2D eigenvalue weighted by molar-refractivity contribution is 7.91. The molecular formula is C21H26N2O5S2. The minimum absolute atomic E-state index is 0.259. The van der Waals surface area contributed by atoms with Crippen LogP contribution in [0.3, 0.4) is 0 Å². The van der Waals surface area contributed by atoms with Gasteiger partial charge < -0.3 is 10.1 Å². The van der Waals surface area contributed by atoms with Crippen molar-refractivity contribution in [2.24, 2.45) is 5.92 Å². The third kappa shape index (κ3) is 5.08. The smallest absolute Gasteiger partial charge is 0.309 e. The van der Waals surface area contributed by atoms with Gasteiger partial charge in [0.05, 0.1) is 5.92 Å². The van der Waals surface area contributed by atoms with Gasteiger partial charge in [-0.2, -0.15) is 4.31 Å². The van der Waals surface area contributed by atoms with Gasteiger partial charge in [0, 0.05) is 18.8 Å². The summed E-state index contributed by atoms with van der Waals surface area (Å²) in [6.07, 6.45) is 1.54.